The van der Waals surface area contributed by atoms with Gasteiger partial charge in [0.25, 0.3) is 0 Å². The summed E-state index contributed by atoms with van der Waals surface area (Å²) < 4.78 is 13.3. The van der Waals surface area contributed by atoms with E-state index in [0.29, 0.717) is 21.2 Å². The van der Waals surface area contributed by atoms with Crippen LogP contribution in [-0.4, -0.2) is 0 Å². The summed E-state index contributed by atoms with van der Waals surface area (Å²) in [6.45, 7) is 0. The Morgan fingerprint density at radius 3 is 2.56 bits per heavy atom. The van der Waals surface area contributed by atoms with Gasteiger partial charge in [0.15, 0.2) is 0 Å². The van der Waals surface area contributed by atoms with Crippen molar-refractivity contribution in [1.29, 1.82) is 5.26 Å². The van der Waals surface area contributed by atoms with E-state index in [1.165, 1.54) is 12.1 Å². The predicted octanol–water partition coefficient (Wildman–Crippen LogP) is 4.87. The largest absolute Gasteiger partial charge is 0.207 e. The number of hydrogen-bond acceptors (Lipinski definition) is 1. The van der Waals surface area contributed by atoms with Crippen LogP contribution in [0.2, 0.25) is 10.0 Å². The molecular formula is C14H8Cl2FN. The fraction of sp³-hybridized carbons (Fsp3) is 0.0714. The van der Waals surface area contributed by atoms with E-state index in [2.05, 4.69) is 0 Å². The molecule has 0 aliphatic carbocycles. The fourth-order valence-electron chi connectivity index (χ4n) is 1.74. The highest BCUT2D eigenvalue weighted by molar-refractivity contribution is 6.35. The first-order chi connectivity index (χ1) is 8.61. The van der Waals surface area contributed by atoms with Gasteiger partial charge in [-0.05, 0) is 41.5 Å². The molecular weight excluding hydrogens is 272 g/mol. The van der Waals surface area contributed by atoms with Crippen molar-refractivity contribution in [3.8, 4) is 17.2 Å². The highest BCUT2D eigenvalue weighted by Gasteiger charge is 2.10. The monoisotopic (exact) mass is 279 g/mol. The zero-order chi connectivity index (χ0) is 13.1. The minimum Gasteiger partial charge on any atom is -0.207 e. The van der Waals surface area contributed by atoms with Gasteiger partial charge in [-0.3, -0.25) is 0 Å². The van der Waals surface area contributed by atoms with Gasteiger partial charge in [0.2, 0.25) is 0 Å². The first-order valence-electron chi connectivity index (χ1n) is 5.22. The molecule has 4 heteroatoms. The van der Waals surface area contributed by atoms with Crippen molar-refractivity contribution in [3.05, 3.63) is 57.8 Å². The van der Waals surface area contributed by atoms with E-state index in [0.717, 1.165) is 5.56 Å². The molecule has 0 unspecified atom stereocenters. The van der Waals surface area contributed by atoms with Crippen molar-refractivity contribution in [2.24, 2.45) is 0 Å². The van der Waals surface area contributed by atoms with Crippen molar-refractivity contribution in [3.63, 3.8) is 0 Å². The van der Waals surface area contributed by atoms with Gasteiger partial charge in [0.1, 0.15) is 5.82 Å². The van der Waals surface area contributed by atoms with Crippen molar-refractivity contribution in [2.75, 3.05) is 0 Å². The highest BCUT2D eigenvalue weighted by Crippen LogP contribution is 2.33. The van der Waals surface area contributed by atoms with Gasteiger partial charge in [-0.25, -0.2) is 4.39 Å². The Balaban J connectivity index is 2.65. The number of benzene rings is 2. The van der Waals surface area contributed by atoms with Gasteiger partial charge < -0.3 is 0 Å². The summed E-state index contributed by atoms with van der Waals surface area (Å²) in [6, 6.07) is 11.3. The van der Waals surface area contributed by atoms with Crippen molar-refractivity contribution < 1.29 is 4.39 Å². The molecule has 0 heterocycles. The molecule has 18 heavy (non-hydrogen) atoms. The predicted molar refractivity (Wildman–Crippen MR) is 71.2 cm³/mol. The second-order valence-electron chi connectivity index (χ2n) is 3.76. The van der Waals surface area contributed by atoms with E-state index in [-0.39, 0.29) is 12.2 Å². The zero-order valence-electron chi connectivity index (χ0n) is 9.25. The van der Waals surface area contributed by atoms with Crippen LogP contribution >= 0.6 is 23.2 Å². The number of nitriles is 1. The van der Waals surface area contributed by atoms with Crippen LogP contribution in [0.3, 0.4) is 0 Å². The van der Waals surface area contributed by atoms with E-state index in [1.807, 2.05) is 6.07 Å². The molecule has 0 saturated heterocycles. The van der Waals surface area contributed by atoms with Crippen LogP contribution in [0.5, 0.6) is 0 Å². The molecule has 2 aromatic rings. The lowest BCUT2D eigenvalue weighted by molar-refractivity contribution is 0.628. The Morgan fingerprint density at radius 1 is 1.06 bits per heavy atom. The van der Waals surface area contributed by atoms with E-state index < -0.39 is 0 Å². The second-order valence-corrected chi connectivity index (χ2v) is 4.60. The molecule has 0 aliphatic heterocycles. The number of rotatable bonds is 2. The van der Waals surface area contributed by atoms with Crippen LogP contribution in [0.15, 0.2) is 36.4 Å². The van der Waals surface area contributed by atoms with E-state index >= 15 is 0 Å². The van der Waals surface area contributed by atoms with Crippen LogP contribution in [0, 0.1) is 17.1 Å². The Bertz CT molecular complexity index is 632. The standard InChI is InChI=1S/C14H8Cl2FN/c15-10-2-4-14(16)13(7-10)12-8-11(17)3-1-9(12)5-6-18/h1-4,7-8H,5H2. The van der Waals surface area contributed by atoms with E-state index in [1.54, 1.807) is 24.3 Å². The smallest absolute Gasteiger partial charge is 0.123 e. The molecule has 2 rings (SSSR count). The van der Waals surface area contributed by atoms with Crippen LogP contribution in [-0.2, 0) is 6.42 Å². The SMILES string of the molecule is N#CCc1ccc(F)cc1-c1cc(Cl)ccc1Cl. The molecule has 0 aromatic heterocycles. The third-order valence-electron chi connectivity index (χ3n) is 2.56. The molecule has 1 nitrogen and oxygen atoms in total. The third-order valence-corrected chi connectivity index (χ3v) is 3.12. The van der Waals surface area contributed by atoms with Crippen LogP contribution in [0.25, 0.3) is 11.1 Å². The molecule has 0 amide bonds. The molecule has 0 saturated carbocycles. The maximum absolute atomic E-state index is 13.3. The van der Waals surface area contributed by atoms with Gasteiger partial charge >= 0.3 is 0 Å². The third kappa shape index (κ3) is 2.64. The molecule has 0 N–H and O–H groups in total. The lowest BCUT2D eigenvalue weighted by atomic mass is 9.98. The molecule has 0 radical (unpaired) electrons. The van der Waals surface area contributed by atoms with Crippen LogP contribution in [0.4, 0.5) is 4.39 Å². The second kappa shape index (κ2) is 5.39. The Kier molecular flexibility index (Phi) is 3.86. The number of nitrogens with zero attached hydrogens (tertiary/aromatic N) is 1. The Morgan fingerprint density at radius 2 is 1.83 bits per heavy atom. The Hall–Kier alpha value is -1.56. The quantitative estimate of drug-likeness (QED) is 0.770. The first-order valence-corrected chi connectivity index (χ1v) is 5.98. The molecule has 0 bridgehead atoms. The summed E-state index contributed by atoms with van der Waals surface area (Å²) in [5, 5.41) is 9.77. The summed E-state index contributed by atoms with van der Waals surface area (Å²) >= 11 is 12.0. The van der Waals surface area contributed by atoms with Crippen LogP contribution < -0.4 is 0 Å². The highest BCUT2D eigenvalue weighted by atomic mass is 35.5. The molecule has 0 spiro atoms. The van der Waals surface area contributed by atoms with Gasteiger partial charge in [0, 0.05) is 15.6 Å². The molecule has 0 fully saturated rings. The Labute approximate surface area is 114 Å². The first kappa shape index (κ1) is 12.9. The summed E-state index contributed by atoms with van der Waals surface area (Å²) in [6.07, 6.45) is 0.193. The maximum Gasteiger partial charge on any atom is 0.123 e. The summed E-state index contributed by atoms with van der Waals surface area (Å²) in [7, 11) is 0. The normalized spacial score (nSPS) is 10.1. The minimum atomic E-state index is -0.372. The lowest BCUT2D eigenvalue weighted by Gasteiger charge is -2.09. The fourth-order valence-corrected chi connectivity index (χ4v) is 2.13. The topological polar surface area (TPSA) is 23.8 Å². The zero-order valence-corrected chi connectivity index (χ0v) is 10.8. The summed E-state index contributed by atoms with van der Waals surface area (Å²) in [4.78, 5) is 0. The minimum absolute atomic E-state index is 0.193. The van der Waals surface area contributed by atoms with Crippen LogP contribution in [0.1, 0.15) is 5.56 Å². The van der Waals surface area contributed by atoms with E-state index in [9.17, 15) is 4.39 Å². The summed E-state index contributed by atoms with van der Waals surface area (Å²) in [5.74, 6) is -0.372. The van der Waals surface area contributed by atoms with E-state index in [4.69, 9.17) is 28.5 Å². The van der Waals surface area contributed by atoms with Crippen molar-refractivity contribution in [1.82, 2.24) is 0 Å². The average molecular weight is 280 g/mol. The number of halogens is 3. The molecule has 90 valence electrons. The summed E-state index contributed by atoms with van der Waals surface area (Å²) in [5.41, 5.74) is 1.96. The van der Waals surface area contributed by atoms with Crippen molar-refractivity contribution in [2.45, 2.75) is 6.42 Å². The molecule has 0 aliphatic rings. The lowest BCUT2D eigenvalue weighted by Crippen LogP contribution is -1.91. The maximum atomic E-state index is 13.3. The molecule has 2 aromatic carbocycles. The van der Waals surface area contributed by atoms with Gasteiger partial charge in [-0.1, -0.05) is 29.3 Å². The number of hydrogen-bond donors (Lipinski definition) is 0. The van der Waals surface area contributed by atoms with Gasteiger partial charge in [-0.15, -0.1) is 0 Å². The van der Waals surface area contributed by atoms with Gasteiger partial charge in [0.05, 0.1) is 12.5 Å². The average Bonchev–Trinajstić information content (AvgIpc) is 2.35. The molecule has 0 atom stereocenters. The van der Waals surface area contributed by atoms with Crippen molar-refractivity contribution >= 4 is 23.2 Å². The van der Waals surface area contributed by atoms with Gasteiger partial charge in [-0.2, -0.15) is 5.26 Å².